The number of nitrogens with zero attached hydrogens (tertiary/aromatic N) is 4. The molecule has 0 atom stereocenters. The first-order valence-electron chi connectivity index (χ1n) is 10.0. The molecule has 0 saturated heterocycles. The number of rotatable bonds is 4. The minimum atomic E-state index is -5.08. The Hall–Kier alpha value is -3.44. The first-order chi connectivity index (χ1) is 15.8. The smallest absolute Gasteiger partial charge is 0.475 e. The number of hydrogen-bond acceptors (Lipinski definition) is 5. The summed E-state index contributed by atoms with van der Waals surface area (Å²) in [7, 11) is 0. The van der Waals surface area contributed by atoms with Gasteiger partial charge in [-0.05, 0) is 35.7 Å². The van der Waals surface area contributed by atoms with Crippen LogP contribution in [-0.2, 0) is 24.3 Å². The first-order valence-corrected chi connectivity index (χ1v) is 10.9. The zero-order chi connectivity index (χ0) is 23.4. The normalized spacial score (nSPS) is 13.8. The molecule has 4 aromatic rings. The number of thiophene rings is 1. The van der Waals surface area contributed by atoms with Crippen LogP contribution in [0.2, 0.25) is 0 Å². The van der Waals surface area contributed by atoms with Gasteiger partial charge in [-0.25, -0.2) is 9.78 Å². The Balaban J connectivity index is 0.000000325. The number of carbonyl (C=O) groups is 1. The van der Waals surface area contributed by atoms with Crippen molar-refractivity contribution in [3.8, 4) is 16.4 Å². The largest absolute Gasteiger partial charge is 0.490 e. The van der Waals surface area contributed by atoms with Crippen LogP contribution in [0.5, 0.6) is 0 Å². The van der Waals surface area contributed by atoms with Gasteiger partial charge in [0.25, 0.3) is 0 Å². The number of nitrogens with one attached hydrogen (secondary N) is 1. The van der Waals surface area contributed by atoms with Crippen molar-refractivity contribution in [2.45, 2.75) is 25.7 Å². The molecular weight excluding hydrogens is 455 g/mol. The van der Waals surface area contributed by atoms with Gasteiger partial charge < -0.3 is 9.67 Å². The lowest BCUT2D eigenvalue weighted by atomic mass is 10.0. The SMILES string of the molecule is O=C(O)C(F)(F)F.c1ccc(-n2cccc2CN2CCc3[nH]nc(-c4cccs4)c3C2)nc1. The molecule has 4 aromatic heterocycles. The zero-order valence-corrected chi connectivity index (χ0v) is 18.1. The molecule has 172 valence electrons. The topological polar surface area (TPSA) is 87.0 Å². The maximum atomic E-state index is 10.6. The second-order valence-electron chi connectivity index (χ2n) is 7.33. The molecule has 0 unspecified atom stereocenters. The Morgan fingerprint density at radius 1 is 1.18 bits per heavy atom. The summed E-state index contributed by atoms with van der Waals surface area (Å²) in [5.74, 6) is -1.79. The predicted octanol–water partition coefficient (Wildman–Crippen LogP) is 4.52. The molecule has 2 N–H and O–H groups in total. The van der Waals surface area contributed by atoms with Crippen LogP contribution in [0.3, 0.4) is 0 Å². The van der Waals surface area contributed by atoms with Gasteiger partial charge >= 0.3 is 12.1 Å². The Bertz CT molecular complexity index is 1200. The Morgan fingerprint density at radius 2 is 2.00 bits per heavy atom. The van der Waals surface area contributed by atoms with Crippen molar-refractivity contribution >= 4 is 17.3 Å². The van der Waals surface area contributed by atoms with Gasteiger partial charge in [-0.1, -0.05) is 12.1 Å². The lowest BCUT2D eigenvalue weighted by Crippen LogP contribution is -2.30. The van der Waals surface area contributed by atoms with Crippen molar-refractivity contribution in [2.24, 2.45) is 0 Å². The molecule has 0 amide bonds. The Labute approximate surface area is 191 Å². The van der Waals surface area contributed by atoms with Gasteiger partial charge in [0.2, 0.25) is 0 Å². The second-order valence-corrected chi connectivity index (χ2v) is 8.28. The summed E-state index contributed by atoms with van der Waals surface area (Å²) in [5, 5.41) is 17.1. The lowest BCUT2D eigenvalue weighted by Gasteiger charge is -2.27. The third kappa shape index (κ3) is 5.32. The number of carboxylic acids is 1. The quantitative estimate of drug-likeness (QED) is 0.453. The van der Waals surface area contributed by atoms with E-state index in [9.17, 15) is 13.2 Å². The second kappa shape index (κ2) is 9.59. The summed E-state index contributed by atoms with van der Waals surface area (Å²) in [6.07, 6.45) is -0.148. The number of alkyl halides is 3. The molecule has 0 aromatic carbocycles. The summed E-state index contributed by atoms with van der Waals surface area (Å²) < 4.78 is 33.9. The Morgan fingerprint density at radius 3 is 2.67 bits per heavy atom. The monoisotopic (exact) mass is 475 g/mol. The predicted molar refractivity (Wildman–Crippen MR) is 117 cm³/mol. The van der Waals surface area contributed by atoms with Crippen LogP contribution in [-0.4, -0.2) is 48.4 Å². The zero-order valence-electron chi connectivity index (χ0n) is 17.3. The highest BCUT2D eigenvalue weighted by molar-refractivity contribution is 7.13. The minimum absolute atomic E-state index is 0.901. The average molecular weight is 475 g/mol. The van der Waals surface area contributed by atoms with E-state index in [2.05, 4.69) is 60.5 Å². The third-order valence-electron chi connectivity index (χ3n) is 5.12. The van der Waals surface area contributed by atoms with Gasteiger partial charge in [0, 0.05) is 55.4 Å². The van der Waals surface area contributed by atoms with E-state index in [0.717, 1.165) is 37.6 Å². The molecular formula is C22H20F3N5O2S. The number of halogens is 3. The molecule has 11 heteroatoms. The maximum Gasteiger partial charge on any atom is 0.490 e. The average Bonchev–Trinajstić information content (AvgIpc) is 3.55. The van der Waals surface area contributed by atoms with Crippen molar-refractivity contribution in [1.82, 2.24) is 24.6 Å². The summed E-state index contributed by atoms with van der Waals surface area (Å²) in [5.41, 5.74) is 4.99. The van der Waals surface area contributed by atoms with Crippen molar-refractivity contribution in [2.75, 3.05) is 6.54 Å². The molecule has 33 heavy (non-hydrogen) atoms. The highest BCUT2D eigenvalue weighted by Gasteiger charge is 2.38. The number of fused-ring (bicyclic) bond motifs is 1. The van der Waals surface area contributed by atoms with Crippen LogP contribution in [0.25, 0.3) is 16.4 Å². The van der Waals surface area contributed by atoms with Crippen LogP contribution >= 0.6 is 11.3 Å². The van der Waals surface area contributed by atoms with Crippen LogP contribution in [0.1, 0.15) is 17.0 Å². The fourth-order valence-electron chi connectivity index (χ4n) is 3.60. The number of aliphatic carboxylic acids is 1. The molecule has 0 bridgehead atoms. The van der Waals surface area contributed by atoms with Gasteiger partial charge in [-0.3, -0.25) is 10.00 Å². The van der Waals surface area contributed by atoms with E-state index in [1.165, 1.54) is 21.8 Å². The standard InChI is InChI=1S/C20H19N5S.C2HF3O2/c1-2-9-21-19(7-1)25-10-3-5-15(25)13-24-11-8-17-16(14-24)20(23-22-17)18-6-4-12-26-18;3-2(4,5)1(6)7/h1-7,9-10,12H,8,11,13-14H2,(H,22,23);(H,6,7). The molecule has 5 heterocycles. The molecule has 0 aliphatic carbocycles. The number of aromatic nitrogens is 4. The van der Waals surface area contributed by atoms with Crippen LogP contribution < -0.4 is 0 Å². The summed E-state index contributed by atoms with van der Waals surface area (Å²) >= 11 is 1.75. The van der Waals surface area contributed by atoms with Gasteiger partial charge in [-0.15, -0.1) is 11.3 Å². The van der Waals surface area contributed by atoms with E-state index >= 15 is 0 Å². The maximum absolute atomic E-state index is 10.6. The van der Waals surface area contributed by atoms with Crippen LogP contribution in [0, 0.1) is 0 Å². The van der Waals surface area contributed by atoms with E-state index in [4.69, 9.17) is 9.90 Å². The number of H-pyrrole nitrogens is 1. The summed E-state index contributed by atoms with van der Waals surface area (Å²) in [6.45, 7) is 2.86. The van der Waals surface area contributed by atoms with Crippen molar-refractivity contribution < 1.29 is 23.1 Å². The summed E-state index contributed by atoms with van der Waals surface area (Å²) in [6, 6.07) is 14.5. The van der Waals surface area contributed by atoms with Crippen molar-refractivity contribution in [1.29, 1.82) is 0 Å². The molecule has 1 aliphatic heterocycles. The third-order valence-corrected chi connectivity index (χ3v) is 6.00. The summed E-state index contributed by atoms with van der Waals surface area (Å²) in [4.78, 5) is 17.1. The lowest BCUT2D eigenvalue weighted by molar-refractivity contribution is -0.192. The van der Waals surface area contributed by atoms with E-state index in [-0.39, 0.29) is 0 Å². The Kier molecular flexibility index (Phi) is 6.61. The number of aromatic amines is 1. The number of carboxylic acid groups (broad SMARTS) is 1. The van der Waals surface area contributed by atoms with E-state index in [1.807, 2.05) is 24.4 Å². The number of pyridine rings is 1. The van der Waals surface area contributed by atoms with Gasteiger partial charge in [0.05, 0.1) is 4.88 Å². The molecule has 5 rings (SSSR count). The van der Waals surface area contributed by atoms with Gasteiger partial charge in [0.1, 0.15) is 11.5 Å². The highest BCUT2D eigenvalue weighted by atomic mass is 32.1. The fourth-order valence-corrected chi connectivity index (χ4v) is 4.34. The molecule has 1 aliphatic rings. The van der Waals surface area contributed by atoms with Crippen LogP contribution in [0.4, 0.5) is 13.2 Å². The van der Waals surface area contributed by atoms with E-state index in [1.54, 1.807) is 11.3 Å². The van der Waals surface area contributed by atoms with Gasteiger partial charge in [0.15, 0.2) is 0 Å². The van der Waals surface area contributed by atoms with Crippen LogP contribution in [0.15, 0.2) is 60.2 Å². The van der Waals surface area contributed by atoms with E-state index < -0.39 is 12.1 Å². The molecule has 0 radical (unpaired) electrons. The minimum Gasteiger partial charge on any atom is -0.475 e. The molecule has 0 spiro atoms. The molecule has 0 saturated carbocycles. The number of hydrogen-bond donors (Lipinski definition) is 2. The highest BCUT2D eigenvalue weighted by Crippen LogP contribution is 2.31. The van der Waals surface area contributed by atoms with Gasteiger partial charge in [-0.2, -0.15) is 18.3 Å². The molecule has 0 fully saturated rings. The van der Waals surface area contributed by atoms with Crippen molar-refractivity contribution in [3.05, 3.63) is 77.2 Å². The fraction of sp³-hybridized carbons (Fsp3) is 0.227. The first kappa shape index (κ1) is 22.7. The van der Waals surface area contributed by atoms with E-state index in [0.29, 0.717) is 0 Å². The van der Waals surface area contributed by atoms with Crippen molar-refractivity contribution in [3.63, 3.8) is 0 Å². The molecule has 7 nitrogen and oxygen atoms in total.